The molecule has 1 fully saturated rings. The van der Waals surface area contributed by atoms with Gasteiger partial charge in [-0.05, 0) is 24.8 Å². The highest BCUT2D eigenvalue weighted by Crippen LogP contribution is 2.30. The Labute approximate surface area is 95.9 Å². The summed E-state index contributed by atoms with van der Waals surface area (Å²) in [5.41, 5.74) is 0.444. The Hall–Kier alpha value is -1.63. The van der Waals surface area contributed by atoms with Crippen LogP contribution in [0.4, 0.5) is 5.95 Å². The molecule has 0 radical (unpaired) electrons. The number of rotatable bonds is 4. The van der Waals surface area contributed by atoms with Gasteiger partial charge in [0.05, 0.1) is 0 Å². The molecule has 1 aliphatic carbocycles. The molecule has 0 amide bonds. The monoisotopic (exact) mass is 216 g/mol. The molecule has 1 aromatic rings. The third-order valence-electron chi connectivity index (χ3n) is 2.56. The number of hydrogen-bond acceptors (Lipinski definition) is 4. The fourth-order valence-corrected chi connectivity index (χ4v) is 1.72. The van der Waals surface area contributed by atoms with Crippen LogP contribution in [-0.2, 0) is 0 Å². The zero-order valence-corrected chi connectivity index (χ0v) is 9.72. The van der Waals surface area contributed by atoms with Gasteiger partial charge in [-0.2, -0.15) is 5.26 Å². The smallest absolute Gasteiger partial charge is 0.226 e. The van der Waals surface area contributed by atoms with Crippen LogP contribution in [0, 0.1) is 17.2 Å². The van der Waals surface area contributed by atoms with Crippen molar-refractivity contribution in [1.82, 2.24) is 9.97 Å². The molecular weight excluding hydrogens is 200 g/mol. The van der Waals surface area contributed by atoms with Crippen LogP contribution in [0.2, 0.25) is 0 Å². The van der Waals surface area contributed by atoms with Crippen molar-refractivity contribution < 1.29 is 0 Å². The molecule has 2 rings (SSSR count). The average molecular weight is 216 g/mol. The average Bonchev–Trinajstić information content (AvgIpc) is 3.09. The maximum Gasteiger partial charge on any atom is 0.226 e. The van der Waals surface area contributed by atoms with Crippen molar-refractivity contribution in [3.05, 3.63) is 18.0 Å². The Morgan fingerprint density at radius 1 is 1.56 bits per heavy atom. The van der Waals surface area contributed by atoms with Crippen molar-refractivity contribution in [2.75, 3.05) is 11.4 Å². The van der Waals surface area contributed by atoms with Crippen LogP contribution in [0.3, 0.4) is 0 Å². The predicted molar refractivity (Wildman–Crippen MR) is 62.0 cm³/mol. The normalized spacial score (nSPS) is 14.9. The van der Waals surface area contributed by atoms with E-state index in [2.05, 4.69) is 34.8 Å². The lowest BCUT2D eigenvalue weighted by Crippen LogP contribution is -2.31. The molecule has 0 unspecified atom stereocenters. The summed E-state index contributed by atoms with van der Waals surface area (Å²) in [6.45, 7) is 5.33. The topological polar surface area (TPSA) is 52.8 Å². The minimum absolute atomic E-state index is 0.444. The lowest BCUT2D eigenvalue weighted by Gasteiger charge is -2.24. The molecule has 0 N–H and O–H groups in total. The minimum atomic E-state index is 0.444. The maximum atomic E-state index is 8.82. The first kappa shape index (κ1) is 10.9. The van der Waals surface area contributed by atoms with E-state index in [9.17, 15) is 0 Å². The molecule has 16 heavy (non-hydrogen) atoms. The van der Waals surface area contributed by atoms with Gasteiger partial charge >= 0.3 is 0 Å². The van der Waals surface area contributed by atoms with Gasteiger partial charge in [0.1, 0.15) is 11.8 Å². The van der Waals surface area contributed by atoms with Crippen molar-refractivity contribution in [3.63, 3.8) is 0 Å². The zero-order valence-electron chi connectivity index (χ0n) is 9.72. The minimum Gasteiger partial charge on any atom is -0.338 e. The number of nitriles is 1. The number of hydrogen-bond donors (Lipinski definition) is 0. The molecule has 84 valence electrons. The molecule has 0 bridgehead atoms. The molecule has 1 aliphatic rings. The fraction of sp³-hybridized carbons (Fsp3) is 0.583. The first-order valence-corrected chi connectivity index (χ1v) is 5.70. The molecule has 1 aromatic heterocycles. The van der Waals surface area contributed by atoms with Gasteiger partial charge in [0.15, 0.2) is 0 Å². The lowest BCUT2D eigenvalue weighted by atomic mass is 10.2. The van der Waals surface area contributed by atoms with Gasteiger partial charge in [-0.15, -0.1) is 0 Å². The zero-order chi connectivity index (χ0) is 11.5. The molecular formula is C12H16N4. The van der Waals surface area contributed by atoms with Crippen LogP contribution in [0.15, 0.2) is 12.3 Å². The van der Waals surface area contributed by atoms with Gasteiger partial charge in [0.2, 0.25) is 5.95 Å². The highest BCUT2D eigenvalue weighted by atomic mass is 15.3. The van der Waals surface area contributed by atoms with Gasteiger partial charge in [0.25, 0.3) is 0 Å². The number of anilines is 1. The van der Waals surface area contributed by atoms with Crippen LogP contribution in [-0.4, -0.2) is 22.6 Å². The molecule has 4 nitrogen and oxygen atoms in total. The molecule has 1 saturated carbocycles. The van der Waals surface area contributed by atoms with Crippen LogP contribution >= 0.6 is 0 Å². The summed E-state index contributed by atoms with van der Waals surface area (Å²) in [5, 5.41) is 8.82. The Bertz CT molecular complexity index is 404. The van der Waals surface area contributed by atoms with E-state index in [-0.39, 0.29) is 0 Å². The third kappa shape index (κ3) is 2.48. The van der Waals surface area contributed by atoms with E-state index in [0.29, 0.717) is 23.6 Å². The van der Waals surface area contributed by atoms with Crippen molar-refractivity contribution in [2.45, 2.75) is 32.7 Å². The molecule has 0 spiro atoms. The van der Waals surface area contributed by atoms with Crippen molar-refractivity contribution >= 4 is 5.95 Å². The summed E-state index contributed by atoms with van der Waals surface area (Å²) in [7, 11) is 0. The summed E-state index contributed by atoms with van der Waals surface area (Å²) in [6.07, 6.45) is 4.09. The van der Waals surface area contributed by atoms with E-state index in [0.717, 1.165) is 6.54 Å². The summed E-state index contributed by atoms with van der Waals surface area (Å²) in [5.74, 6) is 1.28. The summed E-state index contributed by atoms with van der Waals surface area (Å²) < 4.78 is 0. The van der Waals surface area contributed by atoms with Gasteiger partial charge in [-0.25, -0.2) is 9.97 Å². The lowest BCUT2D eigenvalue weighted by molar-refractivity contribution is 0.597. The van der Waals surface area contributed by atoms with E-state index in [1.807, 2.05) is 0 Å². The summed E-state index contributed by atoms with van der Waals surface area (Å²) in [4.78, 5) is 10.8. The molecule has 4 heteroatoms. The predicted octanol–water partition coefficient (Wildman–Crippen LogP) is 1.97. The highest BCUT2D eigenvalue weighted by molar-refractivity contribution is 5.36. The van der Waals surface area contributed by atoms with Crippen LogP contribution in [0.5, 0.6) is 0 Å². The molecule has 0 aliphatic heterocycles. The Balaban J connectivity index is 2.21. The largest absolute Gasteiger partial charge is 0.338 e. The number of aromatic nitrogens is 2. The second-order valence-corrected chi connectivity index (χ2v) is 4.63. The number of nitrogens with zero attached hydrogens (tertiary/aromatic N) is 4. The first-order valence-electron chi connectivity index (χ1n) is 5.70. The van der Waals surface area contributed by atoms with Gasteiger partial charge in [0, 0.05) is 18.8 Å². The van der Waals surface area contributed by atoms with Crippen LogP contribution < -0.4 is 4.90 Å². The Kier molecular flexibility index (Phi) is 3.04. The summed E-state index contributed by atoms with van der Waals surface area (Å²) in [6, 6.07) is 4.28. The Morgan fingerprint density at radius 2 is 2.31 bits per heavy atom. The van der Waals surface area contributed by atoms with E-state index in [4.69, 9.17) is 5.26 Å². The molecule has 0 saturated heterocycles. The van der Waals surface area contributed by atoms with Gasteiger partial charge in [-0.1, -0.05) is 13.8 Å². The molecule has 0 atom stereocenters. The Morgan fingerprint density at radius 3 is 2.88 bits per heavy atom. The third-order valence-corrected chi connectivity index (χ3v) is 2.56. The van der Waals surface area contributed by atoms with E-state index < -0.39 is 0 Å². The molecule has 0 aromatic carbocycles. The fourth-order valence-electron chi connectivity index (χ4n) is 1.72. The highest BCUT2D eigenvalue weighted by Gasteiger charge is 2.31. The van der Waals surface area contributed by atoms with Crippen molar-refractivity contribution in [2.24, 2.45) is 5.92 Å². The van der Waals surface area contributed by atoms with E-state index >= 15 is 0 Å². The van der Waals surface area contributed by atoms with Crippen molar-refractivity contribution in [3.8, 4) is 6.07 Å². The second kappa shape index (κ2) is 4.48. The first-order chi connectivity index (χ1) is 7.70. The van der Waals surface area contributed by atoms with Crippen LogP contribution in [0.25, 0.3) is 0 Å². The standard InChI is InChI=1S/C12H16N4/c1-9(2)8-16(11-3-4-11)12-14-6-5-10(7-13)15-12/h5-6,9,11H,3-4,8H2,1-2H3. The second-order valence-electron chi connectivity index (χ2n) is 4.63. The SMILES string of the molecule is CC(C)CN(c1nccc(C#N)n1)C1CC1. The van der Waals surface area contributed by atoms with Crippen LogP contribution in [0.1, 0.15) is 32.4 Å². The van der Waals surface area contributed by atoms with Gasteiger partial charge in [-0.3, -0.25) is 0 Å². The van der Waals surface area contributed by atoms with E-state index in [1.54, 1.807) is 12.3 Å². The quantitative estimate of drug-likeness (QED) is 0.772. The van der Waals surface area contributed by atoms with Gasteiger partial charge < -0.3 is 4.90 Å². The summed E-state index contributed by atoms with van der Waals surface area (Å²) >= 11 is 0. The van der Waals surface area contributed by atoms with Crippen molar-refractivity contribution in [1.29, 1.82) is 5.26 Å². The van der Waals surface area contributed by atoms with E-state index in [1.165, 1.54) is 12.8 Å². The molecule has 1 heterocycles. The maximum absolute atomic E-state index is 8.82.